The molecule has 0 spiro atoms. The fraction of sp³-hybridized carbons (Fsp3) is 0.188. The molecule has 0 aliphatic carbocycles. The molecule has 3 nitrogen and oxygen atoms in total. The number of rotatable bonds is 5. The van der Waals surface area contributed by atoms with Gasteiger partial charge in [0.1, 0.15) is 5.75 Å². The van der Waals surface area contributed by atoms with Gasteiger partial charge in [-0.3, -0.25) is 4.79 Å². The number of halogens is 1. The summed E-state index contributed by atoms with van der Waals surface area (Å²) < 4.78 is 6.41. The third-order valence-electron chi connectivity index (χ3n) is 2.81. The topological polar surface area (TPSA) is 38.3 Å². The van der Waals surface area contributed by atoms with Crippen LogP contribution in [0.25, 0.3) is 0 Å². The molecule has 0 radical (unpaired) electrons. The minimum atomic E-state index is -0.0627. The second kappa shape index (κ2) is 7.10. The highest BCUT2D eigenvalue weighted by atomic mass is 79.9. The molecule has 0 saturated carbocycles. The lowest BCUT2D eigenvalue weighted by Gasteiger charge is -2.10. The molecule has 4 heteroatoms. The van der Waals surface area contributed by atoms with Gasteiger partial charge in [0.15, 0.2) is 0 Å². The van der Waals surface area contributed by atoms with Gasteiger partial charge in [0.05, 0.1) is 18.7 Å². The minimum absolute atomic E-state index is 0.0627. The summed E-state index contributed by atoms with van der Waals surface area (Å²) in [4.78, 5) is 11.9. The quantitative estimate of drug-likeness (QED) is 0.891. The number of benzene rings is 2. The molecule has 0 aromatic heterocycles. The number of anilines is 1. The third kappa shape index (κ3) is 4.10. The van der Waals surface area contributed by atoms with Crippen molar-refractivity contribution >= 4 is 27.5 Å². The summed E-state index contributed by atoms with van der Waals surface area (Å²) in [6.07, 6.45) is 0.315. The Kier molecular flexibility index (Phi) is 5.18. The monoisotopic (exact) mass is 333 g/mol. The summed E-state index contributed by atoms with van der Waals surface area (Å²) in [5.41, 5.74) is 1.87. The predicted molar refractivity (Wildman–Crippen MR) is 84.1 cm³/mol. The largest absolute Gasteiger partial charge is 0.493 e. The number of hydrogen-bond acceptors (Lipinski definition) is 2. The fourth-order valence-corrected chi connectivity index (χ4v) is 2.10. The van der Waals surface area contributed by atoms with Gasteiger partial charge in [-0.15, -0.1) is 0 Å². The van der Waals surface area contributed by atoms with E-state index >= 15 is 0 Å². The number of carbonyl (C=O) groups is 1. The maximum atomic E-state index is 11.9. The van der Waals surface area contributed by atoms with Crippen LogP contribution in [0.1, 0.15) is 12.0 Å². The van der Waals surface area contributed by atoms with E-state index in [9.17, 15) is 4.79 Å². The van der Waals surface area contributed by atoms with Crippen LogP contribution in [0.4, 0.5) is 5.69 Å². The minimum Gasteiger partial charge on any atom is -0.493 e. The number of amides is 1. The lowest BCUT2D eigenvalue weighted by atomic mass is 10.2. The van der Waals surface area contributed by atoms with Crippen molar-refractivity contribution in [2.75, 3.05) is 11.9 Å². The van der Waals surface area contributed by atoms with Gasteiger partial charge in [0.2, 0.25) is 5.91 Å². The Morgan fingerprint density at radius 1 is 1.15 bits per heavy atom. The van der Waals surface area contributed by atoms with Gasteiger partial charge < -0.3 is 10.1 Å². The van der Waals surface area contributed by atoms with Gasteiger partial charge in [-0.05, 0) is 46.6 Å². The number of nitrogens with one attached hydrogen (secondary N) is 1. The summed E-state index contributed by atoms with van der Waals surface area (Å²) in [6.45, 7) is 2.34. The van der Waals surface area contributed by atoms with Crippen molar-refractivity contribution in [2.24, 2.45) is 0 Å². The van der Waals surface area contributed by atoms with E-state index in [-0.39, 0.29) is 5.91 Å². The second-order valence-electron chi connectivity index (χ2n) is 4.40. The van der Waals surface area contributed by atoms with Crippen LogP contribution < -0.4 is 10.1 Å². The lowest BCUT2D eigenvalue weighted by Crippen LogP contribution is -2.15. The lowest BCUT2D eigenvalue weighted by molar-refractivity contribution is -0.116. The van der Waals surface area contributed by atoms with Crippen LogP contribution >= 0.6 is 15.9 Å². The normalized spacial score (nSPS) is 10.1. The molecule has 0 bridgehead atoms. The summed E-state index contributed by atoms with van der Waals surface area (Å²) in [5, 5.41) is 2.87. The maximum absolute atomic E-state index is 11.9. The Bertz CT molecular complexity index is 584. The van der Waals surface area contributed by atoms with Crippen molar-refractivity contribution in [2.45, 2.75) is 13.3 Å². The molecule has 1 N–H and O–H groups in total. The SMILES string of the molecule is Cc1cccc(NC(=O)CCOc2ccccc2)c1Br. The number of para-hydroxylation sites is 1. The van der Waals surface area contributed by atoms with Crippen LogP contribution in [0.15, 0.2) is 53.0 Å². The number of carbonyl (C=O) groups excluding carboxylic acids is 1. The van der Waals surface area contributed by atoms with E-state index in [0.29, 0.717) is 13.0 Å². The van der Waals surface area contributed by atoms with Crippen molar-refractivity contribution in [3.8, 4) is 5.75 Å². The molecule has 20 heavy (non-hydrogen) atoms. The maximum Gasteiger partial charge on any atom is 0.227 e. The molecule has 1 amide bonds. The van der Waals surface area contributed by atoms with Gasteiger partial charge in [0.25, 0.3) is 0 Å². The van der Waals surface area contributed by atoms with Crippen molar-refractivity contribution < 1.29 is 9.53 Å². The van der Waals surface area contributed by atoms with Crippen LogP contribution in [-0.4, -0.2) is 12.5 Å². The van der Waals surface area contributed by atoms with Crippen molar-refractivity contribution in [3.63, 3.8) is 0 Å². The number of aryl methyl sites for hydroxylation is 1. The van der Waals surface area contributed by atoms with Crippen molar-refractivity contribution in [1.82, 2.24) is 0 Å². The molecular weight excluding hydrogens is 318 g/mol. The molecule has 2 aromatic rings. The molecule has 2 rings (SSSR count). The Morgan fingerprint density at radius 2 is 1.90 bits per heavy atom. The molecule has 0 unspecified atom stereocenters. The van der Waals surface area contributed by atoms with E-state index in [0.717, 1.165) is 21.5 Å². The highest BCUT2D eigenvalue weighted by Gasteiger charge is 2.07. The Morgan fingerprint density at radius 3 is 2.65 bits per heavy atom. The highest BCUT2D eigenvalue weighted by Crippen LogP contribution is 2.25. The van der Waals surface area contributed by atoms with E-state index < -0.39 is 0 Å². The van der Waals surface area contributed by atoms with E-state index in [1.807, 2.05) is 55.5 Å². The smallest absolute Gasteiger partial charge is 0.227 e. The standard InChI is InChI=1S/C16H16BrNO2/c1-12-6-5-9-14(16(12)17)18-15(19)10-11-20-13-7-3-2-4-8-13/h2-9H,10-11H2,1H3,(H,18,19). The summed E-state index contributed by atoms with van der Waals surface area (Å²) in [7, 11) is 0. The first kappa shape index (κ1) is 14.6. The summed E-state index contributed by atoms with van der Waals surface area (Å²) in [5.74, 6) is 0.712. The van der Waals surface area contributed by atoms with Gasteiger partial charge in [-0.25, -0.2) is 0 Å². The third-order valence-corrected chi connectivity index (χ3v) is 3.86. The zero-order valence-corrected chi connectivity index (χ0v) is 12.8. The van der Waals surface area contributed by atoms with Gasteiger partial charge in [-0.2, -0.15) is 0 Å². The van der Waals surface area contributed by atoms with Crippen LogP contribution in [0.2, 0.25) is 0 Å². The molecule has 0 aliphatic rings. The molecule has 0 heterocycles. The van der Waals surface area contributed by atoms with Gasteiger partial charge in [-0.1, -0.05) is 30.3 Å². The van der Waals surface area contributed by atoms with Crippen LogP contribution in [0, 0.1) is 6.92 Å². The van der Waals surface area contributed by atoms with E-state index in [4.69, 9.17) is 4.74 Å². The molecule has 0 fully saturated rings. The highest BCUT2D eigenvalue weighted by molar-refractivity contribution is 9.10. The van der Waals surface area contributed by atoms with E-state index in [1.54, 1.807) is 0 Å². The first-order valence-electron chi connectivity index (χ1n) is 6.39. The average molecular weight is 334 g/mol. The average Bonchev–Trinajstić information content (AvgIpc) is 2.45. The molecule has 0 atom stereocenters. The van der Waals surface area contributed by atoms with Crippen LogP contribution in [0.3, 0.4) is 0 Å². The van der Waals surface area contributed by atoms with Gasteiger partial charge in [0, 0.05) is 4.47 Å². The van der Waals surface area contributed by atoms with Crippen molar-refractivity contribution in [3.05, 3.63) is 58.6 Å². The molecular formula is C16H16BrNO2. The van der Waals surface area contributed by atoms with Crippen LogP contribution in [0.5, 0.6) is 5.75 Å². The van der Waals surface area contributed by atoms with Crippen molar-refractivity contribution in [1.29, 1.82) is 0 Å². The zero-order chi connectivity index (χ0) is 14.4. The summed E-state index contributed by atoms with van der Waals surface area (Å²) >= 11 is 3.47. The Labute approximate surface area is 127 Å². The zero-order valence-electron chi connectivity index (χ0n) is 11.2. The Balaban J connectivity index is 1.82. The molecule has 0 aliphatic heterocycles. The first-order valence-corrected chi connectivity index (χ1v) is 7.19. The first-order chi connectivity index (χ1) is 9.66. The Hall–Kier alpha value is -1.81. The number of ether oxygens (including phenoxy) is 1. The predicted octanol–water partition coefficient (Wildman–Crippen LogP) is 4.17. The summed E-state index contributed by atoms with van der Waals surface area (Å²) in [6, 6.07) is 15.2. The molecule has 104 valence electrons. The number of hydrogen-bond donors (Lipinski definition) is 1. The molecule has 2 aromatic carbocycles. The fourth-order valence-electron chi connectivity index (χ4n) is 1.73. The second-order valence-corrected chi connectivity index (χ2v) is 5.19. The van der Waals surface area contributed by atoms with Crippen LogP contribution in [-0.2, 0) is 4.79 Å². The van der Waals surface area contributed by atoms with Gasteiger partial charge >= 0.3 is 0 Å². The van der Waals surface area contributed by atoms with E-state index in [1.165, 1.54) is 0 Å². The van der Waals surface area contributed by atoms with E-state index in [2.05, 4.69) is 21.2 Å². The molecule has 0 saturated heterocycles.